The predicted octanol–water partition coefficient (Wildman–Crippen LogP) is 3.31. The Bertz CT molecular complexity index is 578. The molecule has 0 aromatic heterocycles. The van der Waals surface area contributed by atoms with Gasteiger partial charge in [0, 0.05) is 30.2 Å². The van der Waals surface area contributed by atoms with Crippen LogP contribution in [0.2, 0.25) is 0 Å². The molecule has 112 valence electrons. The zero-order valence-corrected chi connectivity index (χ0v) is 13.3. The Labute approximate surface area is 127 Å². The van der Waals surface area contributed by atoms with Crippen molar-refractivity contribution in [2.75, 3.05) is 33.7 Å². The highest BCUT2D eigenvalue weighted by molar-refractivity contribution is 5.43. The van der Waals surface area contributed by atoms with Crippen LogP contribution in [0.1, 0.15) is 19.8 Å². The molecule has 21 heavy (non-hydrogen) atoms. The Hall–Kier alpha value is -1.58. The van der Waals surface area contributed by atoms with E-state index in [2.05, 4.69) is 56.4 Å². The lowest BCUT2D eigenvalue weighted by Crippen LogP contribution is -2.44. The van der Waals surface area contributed by atoms with Gasteiger partial charge in [0.25, 0.3) is 0 Å². The monoisotopic (exact) mass is 285 g/mol. The van der Waals surface area contributed by atoms with Gasteiger partial charge in [-0.1, -0.05) is 12.2 Å². The summed E-state index contributed by atoms with van der Waals surface area (Å²) < 4.78 is 6.92. The van der Waals surface area contributed by atoms with E-state index in [9.17, 15) is 0 Å². The zero-order chi connectivity index (χ0) is 14.9. The minimum Gasteiger partial charge on any atom is -0.462 e. The lowest BCUT2D eigenvalue weighted by Gasteiger charge is -2.34. The van der Waals surface area contributed by atoms with Crippen LogP contribution in [0.5, 0.6) is 0 Å². The van der Waals surface area contributed by atoms with Gasteiger partial charge in [0.15, 0.2) is 12.0 Å². The van der Waals surface area contributed by atoms with Crippen molar-refractivity contribution in [1.82, 2.24) is 4.90 Å². The van der Waals surface area contributed by atoms with Crippen LogP contribution >= 0.6 is 0 Å². The molecule has 1 unspecified atom stereocenters. The molecule has 0 bridgehead atoms. The average molecular weight is 285 g/mol. The van der Waals surface area contributed by atoms with E-state index >= 15 is 0 Å². The fourth-order valence-corrected chi connectivity index (χ4v) is 3.24. The number of likely N-dealkylation sites (N-methyl/N-ethyl adjacent to an activating group) is 1. The van der Waals surface area contributed by atoms with E-state index in [4.69, 9.17) is 4.74 Å². The molecule has 3 aliphatic rings. The van der Waals surface area contributed by atoms with Crippen molar-refractivity contribution in [2.24, 2.45) is 0 Å². The standard InChI is InChI=1S/C18H25N2O/c1-15-13-20(12-10-19(2)3)11-6-7-16(20)14-21-18-9-5-4-8-17(15)18/h4,6-8,13-14H,5,9-12H2,1-3H3/q+1/b15-13-,16-14-. The fourth-order valence-electron chi connectivity index (χ4n) is 3.24. The van der Waals surface area contributed by atoms with E-state index in [1.807, 2.05) is 6.26 Å². The van der Waals surface area contributed by atoms with Crippen molar-refractivity contribution in [3.63, 3.8) is 0 Å². The second-order valence-corrected chi connectivity index (χ2v) is 6.40. The van der Waals surface area contributed by atoms with Crippen LogP contribution in [0.3, 0.4) is 0 Å². The van der Waals surface area contributed by atoms with Crippen LogP contribution in [-0.4, -0.2) is 43.1 Å². The summed E-state index contributed by atoms with van der Waals surface area (Å²) in [6.07, 6.45) is 15.4. The van der Waals surface area contributed by atoms with Crippen LogP contribution in [0.25, 0.3) is 0 Å². The normalized spacial score (nSPS) is 32.6. The number of nitrogens with zero attached hydrogens (tertiary/aromatic N) is 2. The summed E-state index contributed by atoms with van der Waals surface area (Å²) in [5, 5.41) is 0. The molecule has 1 atom stereocenters. The van der Waals surface area contributed by atoms with Gasteiger partial charge in [0.05, 0.1) is 0 Å². The molecule has 2 heterocycles. The van der Waals surface area contributed by atoms with Gasteiger partial charge in [0.2, 0.25) is 0 Å². The minimum atomic E-state index is 0.870. The second kappa shape index (κ2) is 5.66. The highest BCUT2D eigenvalue weighted by Gasteiger charge is 2.35. The van der Waals surface area contributed by atoms with Crippen molar-refractivity contribution in [3.8, 4) is 0 Å². The van der Waals surface area contributed by atoms with Crippen LogP contribution < -0.4 is 0 Å². The molecule has 0 spiro atoms. The molecule has 2 aliphatic heterocycles. The fraction of sp³-hybridized carbons (Fsp3) is 0.444. The van der Waals surface area contributed by atoms with E-state index in [-0.39, 0.29) is 0 Å². The van der Waals surface area contributed by atoms with Gasteiger partial charge in [-0.25, -0.2) is 0 Å². The first-order valence-electron chi connectivity index (χ1n) is 7.76. The SMILES string of the molecule is C/C1=C/[N+]2(CCN(C)C)CC=C/C2=C/OC2=C1C=CCC2. The summed E-state index contributed by atoms with van der Waals surface area (Å²) in [6.45, 7) is 5.36. The van der Waals surface area contributed by atoms with Gasteiger partial charge in [0.1, 0.15) is 25.0 Å². The van der Waals surface area contributed by atoms with Crippen LogP contribution in [0.4, 0.5) is 0 Å². The first-order valence-corrected chi connectivity index (χ1v) is 7.76. The van der Waals surface area contributed by atoms with E-state index < -0.39 is 0 Å². The molecule has 3 rings (SSSR count). The number of fused-ring (bicyclic) bond motifs is 1. The van der Waals surface area contributed by atoms with Gasteiger partial charge >= 0.3 is 0 Å². The molecule has 0 amide bonds. The van der Waals surface area contributed by atoms with Gasteiger partial charge in [-0.3, -0.25) is 4.48 Å². The van der Waals surface area contributed by atoms with E-state index in [1.54, 1.807) is 0 Å². The summed E-state index contributed by atoms with van der Waals surface area (Å²) >= 11 is 0. The number of rotatable bonds is 3. The second-order valence-electron chi connectivity index (χ2n) is 6.40. The first kappa shape index (κ1) is 14.4. The topological polar surface area (TPSA) is 12.5 Å². The number of hydrogen-bond acceptors (Lipinski definition) is 2. The quantitative estimate of drug-likeness (QED) is 0.738. The van der Waals surface area contributed by atoms with Gasteiger partial charge in [-0.05, 0) is 33.5 Å². The molecule has 1 aliphatic carbocycles. The van der Waals surface area contributed by atoms with E-state index in [1.165, 1.54) is 16.8 Å². The van der Waals surface area contributed by atoms with Crippen molar-refractivity contribution >= 4 is 0 Å². The molecule has 0 fully saturated rings. The number of hydrogen-bond donors (Lipinski definition) is 0. The van der Waals surface area contributed by atoms with Crippen molar-refractivity contribution < 1.29 is 9.22 Å². The molecule has 0 aromatic carbocycles. The maximum absolute atomic E-state index is 6.05. The lowest BCUT2D eigenvalue weighted by atomic mass is 9.98. The van der Waals surface area contributed by atoms with E-state index in [0.717, 1.165) is 42.7 Å². The van der Waals surface area contributed by atoms with E-state index in [0.29, 0.717) is 0 Å². The minimum absolute atomic E-state index is 0.870. The van der Waals surface area contributed by atoms with Crippen molar-refractivity contribution in [3.05, 3.63) is 59.4 Å². The molecule has 3 nitrogen and oxygen atoms in total. The third-order valence-corrected chi connectivity index (χ3v) is 4.49. The molecular weight excluding hydrogens is 260 g/mol. The third kappa shape index (κ3) is 2.76. The lowest BCUT2D eigenvalue weighted by molar-refractivity contribution is -0.828. The Kier molecular flexibility index (Phi) is 3.87. The van der Waals surface area contributed by atoms with Gasteiger partial charge in [-0.15, -0.1) is 0 Å². The van der Waals surface area contributed by atoms with Crippen molar-refractivity contribution in [2.45, 2.75) is 19.8 Å². The molecule has 0 saturated heterocycles. The van der Waals surface area contributed by atoms with Crippen LogP contribution in [-0.2, 0) is 4.74 Å². The molecule has 0 radical (unpaired) electrons. The maximum Gasteiger partial charge on any atom is 0.173 e. The Morgan fingerprint density at radius 2 is 2.10 bits per heavy atom. The summed E-state index contributed by atoms with van der Waals surface area (Å²) in [6, 6.07) is 0. The van der Waals surface area contributed by atoms with Crippen LogP contribution in [0.15, 0.2) is 59.4 Å². The summed E-state index contributed by atoms with van der Waals surface area (Å²) in [4.78, 5) is 2.25. The van der Waals surface area contributed by atoms with Gasteiger partial charge in [-0.2, -0.15) is 0 Å². The highest BCUT2D eigenvalue weighted by Crippen LogP contribution is 2.34. The third-order valence-electron chi connectivity index (χ3n) is 4.49. The zero-order valence-electron chi connectivity index (χ0n) is 13.3. The number of allylic oxidation sites excluding steroid dienone is 6. The molecule has 0 N–H and O–H groups in total. The highest BCUT2D eigenvalue weighted by atomic mass is 16.5. The number of quaternary nitrogens is 1. The van der Waals surface area contributed by atoms with Crippen molar-refractivity contribution in [1.29, 1.82) is 0 Å². The smallest absolute Gasteiger partial charge is 0.173 e. The van der Waals surface area contributed by atoms with Gasteiger partial charge < -0.3 is 9.64 Å². The molecular formula is C18H25N2O+. The predicted molar refractivity (Wildman–Crippen MR) is 86.0 cm³/mol. The van der Waals surface area contributed by atoms with Crippen LogP contribution in [0, 0.1) is 0 Å². The summed E-state index contributed by atoms with van der Waals surface area (Å²) in [7, 11) is 4.26. The Morgan fingerprint density at radius 3 is 2.90 bits per heavy atom. The summed E-state index contributed by atoms with van der Waals surface area (Å²) in [5.74, 6) is 1.12. The molecule has 0 saturated carbocycles. The average Bonchev–Trinajstić information content (AvgIpc) is 2.84. The largest absolute Gasteiger partial charge is 0.462 e. The first-order chi connectivity index (χ1) is 10.1. The number of ether oxygens (including phenoxy) is 1. The Morgan fingerprint density at radius 1 is 1.24 bits per heavy atom. The summed E-state index contributed by atoms with van der Waals surface area (Å²) in [5.41, 5.74) is 3.86. The molecule has 0 aromatic rings. The maximum atomic E-state index is 6.05. The molecule has 3 heteroatoms. The Balaban J connectivity index is 1.99.